The van der Waals surface area contributed by atoms with E-state index in [1.807, 2.05) is 36.8 Å². The molecule has 17 heavy (non-hydrogen) atoms. The van der Waals surface area contributed by atoms with Crippen LogP contribution in [0.25, 0.3) is 6.20 Å². The maximum atomic E-state index is 4.31. The van der Waals surface area contributed by atoms with Crippen molar-refractivity contribution in [3.63, 3.8) is 0 Å². The van der Waals surface area contributed by atoms with Crippen molar-refractivity contribution < 1.29 is 0 Å². The van der Waals surface area contributed by atoms with Gasteiger partial charge in [0.1, 0.15) is 0 Å². The molecule has 4 nitrogen and oxygen atoms in total. The van der Waals surface area contributed by atoms with Crippen molar-refractivity contribution in [2.24, 2.45) is 0 Å². The van der Waals surface area contributed by atoms with E-state index in [2.05, 4.69) is 28.9 Å². The molecule has 2 rings (SSSR count). The molecular weight excluding hydrogens is 212 g/mol. The van der Waals surface area contributed by atoms with Gasteiger partial charge in [-0.25, -0.2) is 4.68 Å². The highest BCUT2D eigenvalue weighted by molar-refractivity contribution is 5.18. The van der Waals surface area contributed by atoms with Crippen LogP contribution in [0.15, 0.2) is 43.4 Å². The smallest absolute Gasteiger partial charge is 0.0570 e. The van der Waals surface area contributed by atoms with Crippen LogP contribution in [0.2, 0.25) is 0 Å². The third-order valence-electron chi connectivity index (χ3n) is 2.59. The van der Waals surface area contributed by atoms with Gasteiger partial charge in [0.15, 0.2) is 0 Å². The fourth-order valence-corrected chi connectivity index (χ4v) is 1.58. The Bertz CT molecular complexity index is 475. The molecule has 0 fully saturated rings. The molecular formula is C13H16N4. The molecule has 4 heteroatoms. The van der Waals surface area contributed by atoms with Gasteiger partial charge in [-0.3, -0.25) is 4.98 Å². The molecule has 0 radical (unpaired) electrons. The highest BCUT2D eigenvalue weighted by Crippen LogP contribution is 2.09. The summed E-state index contributed by atoms with van der Waals surface area (Å²) in [6, 6.07) is 6.16. The van der Waals surface area contributed by atoms with Crippen molar-refractivity contribution >= 4 is 6.20 Å². The van der Waals surface area contributed by atoms with Gasteiger partial charge in [-0.15, -0.1) is 0 Å². The molecule has 0 amide bonds. The quantitative estimate of drug-likeness (QED) is 0.853. The normalized spacial score (nSPS) is 12.3. The number of hydrogen-bond donors (Lipinski definition) is 1. The van der Waals surface area contributed by atoms with Crippen LogP contribution in [0.4, 0.5) is 0 Å². The first kappa shape index (κ1) is 11.5. The van der Waals surface area contributed by atoms with Crippen LogP contribution in [0.3, 0.4) is 0 Å². The van der Waals surface area contributed by atoms with Gasteiger partial charge < -0.3 is 5.32 Å². The second kappa shape index (κ2) is 5.41. The Morgan fingerprint density at radius 1 is 1.53 bits per heavy atom. The van der Waals surface area contributed by atoms with Crippen LogP contribution >= 0.6 is 0 Å². The van der Waals surface area contributed by atoms with Crippen molar-refractivity contribution in [1.82, 2.24) is 20.1 Å². The lowest BCUT2D eigenvalue weighted by Crippen LogP contribution is -2.18. The molecule has 1 unspecified atom stereocenters. The summed E-state index contributed by atoms with van der Waals surface area (Å²) in [6.45, 7) is 6.52. The molecule has 1 atom stereocenters. The van der Waals surface area contributed by atoms with Crippen LogP contribution in [0, 0.1) is 0 Å². The van der Waals surface area contributed by atoms with Crippen molar-refractivity contribution in [3.8, 4) is 0 Å². The van der Waals surface area contributed by atoms with E-state index < -0.39 is 0 Å². The first-order valence-electron chi connectivity index (χ1n) is 5.59. The highest BCUT2D eigenvalue weighted by Gasteiger charge is 2.05. The van der Waals surface area contributed by atoms with Crippen LogP contribution in [0.1, 0.15) is 24.2 Å². The molecule has 2 aromatic heterocycles. The van der Waals surface area contributed by atoms with Crippen molar-refractivity contribution in [3.05, 3.63) is 54.6 Å². The van der Waals surface area contributed by atoms with Crippen LogP contribution < -0.4 is 5.32 Å². The van der Waals surface area contributed by atoms with Crippen molar-refractivity contribution in [2.75, 3.05) is 0 Å². The van der Waals surface area contributed by atoms with Gasteiger partial charge in [0, 0.05) is 36.7 Å². The minimum absolute atomic E-state index is 0.225. The predicted octanol–water partition coefficient (Wildman–Crippen LogP) is 2.23. The fourth-order valence-electron chi connectivity index (χ4n) is 1.58. The lowest BCUT2D eigenvalue weighted by Gasteiger charge is -2.11. The summed E-state index contributed by atoms with van der Waals surface area (Å²) in [5.41, 5.74) is 2.18. The second-order valence-corrected chi connectivity index (χ2v) is 3.87. The maximum absolute atomic E-state index is 4.31. The number of rotatable bonds is 5. The molecule has 0 aromatic carbocycles. The summed E-state index contributed by atoms with van der Waals surface area (Å²) in [5, 5.41) is 7.53. The predicted molar refractivity (Wildman–Crippen MR) is 68.1 cm³/mol. The number of nitrogens with zero attached hydrogens (tertiary/aromatic N) is 3. The summed E-state index contributed by atoms with van der Waals surface area (Å²) < 4.78 is 1.70. The van der Waals surface area contributed by atoms with E-state index in [1.54, 1.807) is 10.9 Å². The van der Waals surface area contributed by atoms with Crippen LogP contribution in [-0.2, 0) is 6.54 Å². The molecule has 0 spiro atoms. The van der Waals surface area contributed by atoms with Gasteiger partial charge in [-0.2, -0.15) is 5.10 Å². The van der Waals surface area contributed by atoms with Crippen LogP contribution in [0.5, 0.6) is 0 Å². The third-order valence-corrected chi connectivity index (χ3v) is 2.59. The Labute approximate surface area is 101 Å². The Kier molecular flexibility index (Phi) is 3.67. The second-order valence-electron chi connectivity index (χ2n) is 3.87. The van der Waals surface area contributed by atoms with E-state index in [4.69, 9.17) is 0 Å². The molecule has 1 N–H and O–H groups in total. The van der Waals surface area contributed by atoms with Gasteiger partial charge in [-0.05, 0) is 19.1 Å². The Balaban J connectivity index is 1.92. The van der Waals surface area contributed by atoms with Gasteiger partial charge in [0.05, 0.1) is 11.9 Å². The minimum Gasteiger partial charge on any atom is -0.305 e. The maximum Gasteiger partial charge on any atom is 0.0570 e. The molecule has 0 aliphatic heterocycles. The Morgan fingerprint density at radius 2 is 2.41 bits per heavy atom. The third kappa shape index (κ3) is 3.01. The zero-order valence-corrected chi connectivity index (χ0v) is 9.87. The van der Waals surface area contributed by atoms with E-state index in [-0.39, 0.29) is 6.04 Å². The van der Waals surface area contributed by atoms with Gasteiger partial charge in [-0.1, -0.05) is 12.6 Å². The summed E-state index contributed by atoms with van der Waals surface area (Å²) in [4.78, 5) is 4.31. The molecule has 0 aliphatic carbocycles. The summed E-state index contributed by atoms with van der Waals surface area (Å²) in [5.74, 6) is 0. The monoisotopic (exact) mass is 228 g/mol. The SMILES string of the molecule is C=Cn1cc(CNC(C)c2ccccn2)cn1. The first-order chi connectivity index (χ1) is 8.29. The lowest BCUT2D eigenvalue weighted by atomic mass is 10.2. The number of pyridine rings is 1. The van der Waals surface area contributed by atoms with E-state index in [1.165, 1.54) is 0 Å². The highest BCUT2D eigenvalue weighted by atomic mass is 15.2. The molecule has 0 saturated heterocycles. The summed E-state index contributed by atoms with van der Waals surface area (Å²) in [7, 11) is 0. The number of hydrogen-bond acceptors (Lipinski definition) is 3. The van der Waals surface area contributed by atoms with Crippen molar-refractivity contribution in [1.29, 1.82) is 0 Å². The number of aromatic nitrogens is 3. The zero-order chi connectivity index (χ0) is 12.1. The number of nitrogens with one attached hydrogen (secondary N) is 1. The molecule has 0 bridgehead atoms. The molecule has 2 heterocycles. The standard InChI is InChI=1S/C13H16N4/c1-3-17-10-12(9-16-17)8-15-11(2)13-6-4-5-7-14-13/h3-7,9-11,15H,1,8H2,2H3. The largest absolute Gasteiger partial charge is 0.305 e. The van der Waals surface area contributed by atoms with E-state index in [0.29, 0.717) is 0 Å². The van der Waals surface area contributed by atoms with Gasteiger partial charge in [0.25, 0.3) is 0 Å². The van der Waals surface area contributed by atoms with Gasteiger partial charge in [0.2, 0.25) is 0 Å². The topological polar surface area (TPSA) is 42.7 Å². The lowest BCUT2D eigenvalue weighted by molar-refractivity contribution is 0.561. The first-order valence-corrected chi connectivity index (χ1v) is 5.59. The Morgan fingerprint density at radius 3 is 3.06 bits per heavy atom. The summed E-state index contributed by atoms with van der Waals surface area (Å²) >= 11 is 0. The Hall–Kier alpha value is -1.94. The van der Waals surface area contributed by atoms with E-state index >= 15 is 0 Å². The summed E-state index contributed by atoms with van der Waals surface area (Å²) in [6.07, 6.45) is 7.26. The van der Waals surface area contributed by atoms with Crippen LogP contribution in [-0.4, -0.2) is 14.8 Å². The van der Waals surface area contributed by atoms with E-state index in [9.17, 15) is 0 Å². The minimum atomic E-state index is 0.225. The van der Waals surface area contributed by atoms with Gasteiger partial charge >= 0.3 is 0 Å². The molecule has 88 valence electrons. The molecule has 0 saturated carbocycles. The van der Waals surface area contributed by atoms with E-state index in [0.717, 1.165) is 17.8 Å². The van der Waals surface area contributed by atoms with Crippen molar-refractivity contribution in [2.45, 2.75) is 19.5 Å². The fraction of sp³-hybridized carbons (Fsp3) is 0.231. The molecule has 2 aromatic rings. The molecule has 0 aliphatic rings. The average molecular weight is 228 g/mol. The average Bonchev–Trinajstić information content (AvgIpc) is 2.85. The zero-order valence-electron chi connectivity index (χ0n) is 9.87.